The van der Waals surface area contributed by atoms with Crippen molar-refractivity contribution in [2.24, 2.45) is 0 Å². The Kier molecular flexibility index (Phi) is 4.21. The number of para-hydroxylation sites is 1. The van der Waals surface area contributed by atoms with Crippen LogP contribution in [0.25, 0.3) is 5.69 Å². The molecule has 9 heteroatoms. The lowest BCUT2D eigenvalue weighted by atomic mass is 10.1. The van der Waals surface area contributed by atoms with Crippen LogP contribution in [0, 0.1) is 0 Å². The van der Waals surface area contributed by atoms with E-state index in [2.05, 4.69) is 25.7 Å². The number of hydrogen-bond acceptors (Lipinski definition) is 7. The van der Waals surface area contributed by atoms with Crippen molar-refractivity contribution in [3.8, 4) is 5.69 Å². The molecule has 1 aromatic carbocycles. The summed E-state index contributed by atoms with van der Waals surface area (Å²) in [4.78, 5) is 16.8. The molecule has 0 spiro atoms. The molecule has 0 radical (unpaired) electrons. The van der Waals surface area contributed by atoms with E-state index in [1.165, 1.54) is 0 Å². The molecule has 0 aliphatic carbocycles. The highest BCUT2D eigenvalue weighted by Crippen LogP contribution is 2.26. The zero-order valence-electron chi connectivity index (χ0n) is 13.3. The molecule has 1 aliphatic rings. The summed E-state index contributed by atoms with van der Waals surface area (Å²) in [5.74, 6) is 0.639. The number of hydrogen-bond donors (Lipinski definition) is 1. The molecule has 1 aliphatic heterocycles. The summed E-state index contributed by atoms with van der Waals surface area (Å²) in [6.45, 7) is 0.880. The number of rotatable bonds is 5. The molecule has 1 fully saturated rings. The zero-order chi connectivity index (χ0) is 17.1. The summed E-state index contributed by atoms with van der Waals surface area (Å²) in [7, 11) is 0. The molecule has 1 atom stereocenters. The van der Waals surface area contributed by atoms with Gasteiger partial charge in [0.15, 0.2) is 5.82 Å². The van der Waals surface area contributed by atoms with Gasteiger partial charge in [0.05, 0.1) is 17.8 Å². The Balaban J connectivity index is 1.45. The summed E-state index contributed by atoms with van der Waals surface area (Å²) in [6, 6.07) is 7.20. The van der Waals surface area contributed by atoms with Crippen LogP contribution in [0.3, 0.4) is 0 Å². The van der Waals surface area contributed by atoms with Crippen molar-refractivity contribution in [2.75, 3.05) is 6.61 Å². The normalized spacial score (nSPS) is 16.9. The Morgan fingerprint density at radius 3 is 2.92 bits per heavy atom. The van der Waals surface area contributed by atoms with Gasteiger partial charge in [-0.1, -0.05) is 17.3 Å². The topological polar surface area (TPSA) is 108 Å². The Labute approximate surface area is 143 Å². The molecule has 1 saturated heterocycles. The molecule has 3 aromatic rings. The minimum Gasteiger partial charge on any atom is -0.368 e. The van der Waals surface area contributed by atoms with Gasteiger partial charge in [0, 0.05) is 6.61 Å². The fourth-order valence-electron chi connectivity index (χ4n) is 2.71. The SMILES string of the molecule is O=C(NCc1noc([C@@H]2CCCO2)n1)c1ccccc1-n1cnnc1. The highest BCUT2D eigenvalue weighted by atomic mass is 16.5. The van der Waals surface area contributed by atoms with E-state index >= 15 is 0 Å². The average Bonchev–Trinajstić information content (AvgIpc) is 3.41. The third kappa shape index (κ3) is 3.26. The minimum atomic E-state index is -0.243. The van der Waals surface area contributed by atoms with E-state index in [4.69, 9.17) is 9.26 Å². The van der Waals surface area contributed by atoms with Gasteiger partial charge in [-0.2, -0.15) is 4.98 Å². The Morgan fingerprint density at radius 2 is 2.12 bits per heavy atom. The van der Waals surface area contributed by atoms with Gasteiger partial charge in [0.1, 0.15) is 18.8 Å². The fourth-order valence-corrected chi connectivity index (χ4v) is 2.71. The molecule has 128 valence electrons. The van der Waals surface area contributed by atoms with E-state index in [1.807, 2.05) is 12.1 Å². The zero-order valence-corrected chi connectivity index (χ0v) is 13.3. The van der Waals surface area contributed by atoms with Gasteiger partial charge >= 0.3 is 0 Å². The lowest BCUT2D eigenvalue weighted by molar-refractivity contribution is 0.0835. The third-order valence-electron chi connectivity index (χ3n) is 3.94. The van der Waals surface area contributed by atoms with Gasteiger partial charge in [-0.05, 0) is 25.0 Å². The van der Waals surface area contributed by atoms with E-state index in [1.54, 1.807) is 29.4 Å². The van der Waals surface area contributed by atoms with Crippen molar-refractivity contribution in [1.29, 1.82) is 0 Å². The second kappa shape index (κ2) is 6.81. The predicted octanol–water partition coefficient (Wildman–Crippen LogP) is 1.43. The van der Waals surface area contributed by atoms with Crippen molar-refractivity contribution in [2.45, 2.75) is 25.5 Å². The molecule has 2 aromatic heterocycles. The van der Waals surface area contributed by atoms with Crippen LogP contribution in [0.5, 0.6) is 0 Å². The summed E-state index contributed by atoms with van der Waals surface area (Å²) >= 11 is 0. The van der Waals surface area contributed by atoms with Gasteiger partial charge < -0.3 is 14.6 Å². The third-order valence-corrected chi connectivity index (χ3v) is 3.94. The first kappa shape index (κ1) is 15.5. The van der Waals surface area contributed by atoms with Gasteiger partial charge in [-0.3, -0.25) is 9.36 Å². The van der Waals surface area contributed by atoms with Crippen molar-refractivity contribution < 1.29 is 14.1 Å². The molecular weight excluding hydrogens is 324 g/mol. The maximum atomic E-state index is 12.5. The Morgan fingerprint density at radius 1 is 1.28 bits per heavy atom. The lowest BCUT2D eigenvalue weighted by Crippen LogP contribution is -2.24. The van der Waals surface area contributed by atoms with Crippen LogP contribution in [-0.2, 0) is 11.3 Å². The summed E-state index contributed by atoms with van der Waals surface area (Å²) < 4.78 is 12.4. The smallest absolute Gasteiger partial charge is 0.255 e. The Hall–Kier alpha value is -3.07. The van der Waals surface area contributed by atoms with E-state index in [0.717, 1.165) is 12.8 Å². The quantitative estimate of drug-likeness (QED) is 0.748. The highest BCUT2D eigenvalue weighted by molar-refractivity contribution is 5.97. The molecule has 4 rings (SSSR count). The second-order valence-electron chi connectivity index (χ2n) is 5.62. The van der Waals surface area contributed by atoms with E-state index in [9.17, 15) is 4.79 Å². The minimum absolute atomic E-state index is 0.133. The molecule has 1 amide bonds. The van der Waals surface area contributed by atoms with Crippen LogP contribution in [0.4, 0.5) is 0 Å². The standard InChI is InChI=1S/C16H16N6O3/c23-15(11-4-1-2-5-12(11)22-9-18-19-10-22)17-8-14-20-16(25-21-14)13-6-3-7-24-13/h1-2,4-5,9-10,13H,3,6-8H2,(H,17,23)/t13-/m0/s1. The highest BCUT2D eigenvalue weighted by Gasteiger charge is 2.24. The molecular formula is C16H16N6O3. The van der Waals surface area contributed by atoms with E-state index in [-0.39, 0.29) is 18.6 Å². The molecule has 1 N–H and O–H groups in total. The maximum Gasteiger partial charge on any atom is 0.255 e. The molecule has 0 saturated carbocycles. The van der Waals surface area contributed by atoms with Gasteiger partial charge in [-0.25, -0.2) is 0 Å². The first-order valence-electron chi connectivity index (χ1n) is 7.97. The fraction of sp³-hybridized carbons (Fsp3) is 0.312. The van der Waals surface area contributed by atoms with Gasteiger partial charge in [0.25, 0.3) is 11.8 Å². The van der Waals surface area contributed by atoms with Crippen molar-refractivity contribution in [3.63, 3.8) is 0 Å². The van der Waals surface area contributed by atoms with E-state index in [0.29, 0.717) is 29.6 Å². The summed E-state index contributed by atoms with van der Waals surface area (Å²) in [6.07, 6.45) is 4.81. The number of nitrogens with zero attached hydrogens (tertiary/aromatic N) is 5. The monoisotopic (exact) mass is 340 g/mol. The van der Waals surface area contributed by atoms with E-state index < -0.39 is 0 Å². The number of nitrogens with one attached hydrogen (secondary N) is 1. The molecule has 0 unspecified atom stereocenters. The number of carbonyl (C=O) groups excluding carboxylic acids is 1. The molecule has 3 heterocycles. The van der Waals surface area contributed by atoms with Gasteiger partial charge in [-0.15, -0.1) is 10.2 Å². The largest absolute Gasteiger partial charge is 0.368 e. The van der Waals surface area contributed by atoms with Crippen LogP contribution in [-0.4, -0.2) is 37.4 Å². The summed E-state index contributed by atoms with van der Waals surface area (Å²) in [5.41, 5.74) is 1.20. The molecule has 0 bridgehead atoms. The Bertz CT molecular complexity index is 854. The second-order valence-corrected chi connectivity index (χ2v) is 5.62. The molecule has 25 heavy (non-hydrogen) atoms. The summed E-state index contributed by atoms with van der Waals surface area (Å²) in [5, 5.41) is 14.2. The van der Waals surface area contributed by atoms with Crippen molar-refractivity contribution >= 4 is 5.91 Å². The first-order valence-corrected chi connectivity index (χ1v) is 7.97. The van der Waals surface area contributed by atoms with Crippen LogP contribution in [0.1, 0.15) is 41.0 Å². The number of ether oxygens (including phenoxy) is 1. The molecule has 9 nitrogen and oxygen atoms in total. The van der Waals surface area contributed by atoms with Gasteiger partial charge in [0.2, 0.25) is 0 Å². The average molecular weight is 340 g/mol. The first-order chi connectivity index (χ1) is 12.3. The lowest BCUT2D eigenvalue weighted by Gasteiger charge is -2.09. The van der Waals surface area contributed by atoms with Crippen molar-refractivity contribution in [1.82, 2.24) is 30.2 Å². The number of aromatic nitrogens is 5. The van der Waals surface area contributed by atoms with Crippen LogP contribution >= 0.6 is 0 Å². The van der Waals surface area contributed by atoms with Crippen LogP contribution < -0.4 is 5.32 Å². The maximum absolute atomic E-state index is 12.5. The number of amides is 1. The predicted molar refractivity (Wildman–Crippen MR) is 84.8 cm³/mol. The van der Waals surface area contributed by atoms with Crippen LogP contribution in [0.2, 0.25) is 0 Å². The van der Waals surface area contributed by atoms with Crippen molar-refractivity contribution in [3.05, 3.63) is 54.2 Å². The van der Waals surface area contributed by atoms with Crippen LogP contribution in [0.15, 0.2) is 41.4 Å². The number of benzene rings is 1. The number of carbonyl (C=O) groups is 1.